The van der Waals surface area contributed by atoms with Gasteiger partial charge in [-0.05, 0) is 12.1 Å². The summed E-state index contributed by atoms with van der Waals surface area (Å²) in [7, 11) is 0. The molecule has 10 nitrogen and oxygen atoms in total. The molecule has 3 aromatic rings. The van der Waals surface area contributed by atoms with E-state index in [-0.39, 0.29) is 31.0 Å². The van der Waals surface area contributed by atoms with E-state index in [0.29, 0.717) is 0 Å². The molecule has 0 amide bonds. The summed E-state index contributed by atoms with van der Waals surface area (Å²) in [5, 5.41) is -1.18. The van der Waals surface area contributed by atoms with Crippen molar-refractivity contribution in [3.8, 4) is 0 Å². The molecular formula is C12H2Cl2N2O8. The third-order valence-electron chi connectivity index (χ3n) is 3.14. The third-order valence-corrected chi connectivity index (χ3v) is 3.28. The molecule has 0 radical (unpaired) electrons. The fraction of sp³-hybridized carbons (Fsp3) is 0. The van der Waals surface area contributed by atoms with Crippen molar-refractivity contribution in [2.45, 2.75) is 0 Å². The number of nitrogens with zero attached hydrogens (tertiary/aromatic N) is 2. The van der Waals surface area contributed by atoms with Crippen molar-refractivity contribution >= 4 is 55.6 Å². The van der Waals surface area contributed by atoms with Gasteiger partial charge in [-0.3, -0.25) is 19.2 Å². The first kappa shape index (κ1) is 15.9. The average molecular weight is 373 g/mol. The van der Waals surface area contributed by atoms with E-state index in [9.17, 15) is 28.8 Å². The van der Waals surface area contributed by atoms with Crippen LogP contribution in [-0.2, 0) is 0 Å². The Hall–Kier alpha value is -2.98. The molecule has 0 aliphatic rings. The molecule has 0 atom stereocenters. The summed E-state index contributed by atoms with van der Waals surface area (Å²) < 4.78 is 0.196. The highest BCUT2D eigenvalue weighted by Gasteiger charge is 2.22. The van der Waals surface area contributed by atoms with E-state index < -0.39 is 33.1 Å². The standard InChI is InChI=1S/C12H2Cl2N2O8/c13-11(21)23-15-7(17)3-1-4-6(2-5(3)9(15)19)10(20)16(8(4)18)24-12(14)22/h1-2H. The van der Waals surface area contributed by atoms with Crippen molar-refractivity contribution in [2.24, 2.45) is 0 Å². The van der Waals surface area contributed by atoms with Crippen molar-refractivity contribution in [3.63, 3.8) is 0 Å². The second kappa shape index (κ2) is 5.28. The molecule has 1 aromatic carbocycles. The van der Waals surface area contributed by atoms with Gasteiger partial charge >= 0.3 is 10.9 Å². The summed E-state index contributed by atoms with van der Waals surface area (Å²) >= 11 is 9.93. The molecule has 122 valence electrons. The van der Waals surface area contributed by atoms with Crippen LogP contribution in [0, 0.1) is 0 Å². The van der Waals surface area contributed by atoms with Crippen LogP contribution in [0.25, 0.3) is 21.5 Å². The van der Waals surface area contributed by atoms with Gasteiger partial charge in [0.25, 0.3) is 22.2 Å². The Kier molecular flexibility index (Phi) is 3.50. The van der Waals surface area contributed by atoms with Gasteiger partial charge < -0.3 is 9.68 Å². The summed E-state index contributed by atoms with van der Waals surface area (Å²) in [6.45, 7) is 0. The summed E-state index contributed by atoms with van der Waals surface area (Å²) in [5.41, 5.74) is -7.08. The zero-order valence-corrected chi connectivity index (χ0v) is 12.6. The van der Waals surface area contributed by atoms with Crippen molar-refractivity contribution < 1.29 is 19.3 Å². The van der Waals surface area contributed by atoms with Crippen LogP contribution in [0.4, 0.5) is 9.59 Å². The normalized spacial score (nSPS) is 11.1. The number of halogens is 2. The molecule has 12 heteroatoms. The van der Waals surface area contributed by atoms with E-state index in [1.54, 1.807) is 0 Å². The predicted molar refractivity (Wildman–Crippen MR) is 80.5 cm³/mol. The summed E-state index contributed by atoms with van der Waals surface area (Å²) in [6.07, 6.45) is 0. The SMILES string of the molecule is O=C(Cl)On1c(=O)c2cc3c(=O)n(OC(=O)Cl)c(=O)c3cc2c1=O. The summed E-state index contributed by atoms with van der Waals surface area (Å²) in [5.74, 6) is 0. The fourth-order valence-electron chi connectivity index (χ4n) is 2.24. The van der Waals surface area contributed by atoms with Crippen LogP contribution in [0.1, 0.15) is 0 Å². The van der Waals surface area contributed by atoms with E-state index in [0.717, 1.165) is 12.1 Å². The Balaban J connectivity index is 2.43. The van der Waals surface area contributed by atoms with Gasteiger partial charge in [-0.1, -0.05) is 9.46 Å². The lowest BCUT2D eigenvalue weighted by Gasteiger charge is -1.94. The molecule has 2 aromatic heterocycles. The Morgan fingerprint density at radius 2 is 0.917 bits per heavy atom. The first-order valence-electron chi connectivity index (χ1n) is 5.93. The Labute approximate surface area is 138 Å². The van der Waals surface area contributed by atoms with Gasteiger partial charge in [-0.2, -0.15) is 0 Å². The molecule has 0 saturated heterocycles. The van der Waals surface area contributed by atoms with Crippen molar-refractivity contribution in [2.75, 3.05) is 0 Å². The second-order valence-corrected chi connectivity index (χ2v) is 5.03. The first-order valence-corrected chi connectivity index (χ1v) is 6.68. The minimum absolute atomic E-state index is 0.0979. The van der Waals surface area contributed by atoms with Gasteiger partial charge in [0.2, 0.25) is 0 Å². The molecule has 0 N–H and O–H groups in total. The molecular weight excluding hydrogens is 371 g/mol. The van der Waals surface area contributed by atoms with Gasteiger partial charge in [-0.15, -0.1) is 0 Å². The highest BCUT2D eigenvalue weighted by molar-refractivity contribution is 6.61. The number of benzene rings is 1. The van der Waals surface area contributed by atoms with Gasteiger partial charge in [0.1, 0.15) is 0 Å². The number of hydrogen-bond acceptors (Lipinski definition) is 8. The van der Waals surface area contributed by atoms with Crippen molar-refractivity contribution in [3.05, 3.63) is 53.5 Å². The lowest BCUT2D eigenvalue weighted by molar-refractivity contribution is 0.151. The van der Waals surface area contributed by atoms with Crippen LogP contribution >= 0.6 is 23.2 Å². The summed E-state index contributed by atoms with van der Waals surface area (Å²) in [6, 6.07) is 1.88. The monoisotopic (exact) mass is 372 g/mol. The van der Waals surface area contributed by atoms with E-state index in [4.69, 9.17) is 23.2 Å². The predicted octanol–water partition coefficient (Wildman–Crippen LogP) is -0.513. The number of carbonyl (C=O) groups is 2. The first-order chi connectivity index (χ1) is 11.2. The maximum Gasteiger partial charge on any atom is 0.428 e. The third kappa shape index (κ3) is 2.20. The number of carbonyl (C=O) groups excluding carboxylic acids is 2. The minimum Gasteiger partial charge on any atom is -0.314 e. The molecule has 0 aliphatic heterocycles. The van der Waals surface area contributed by atoms with E-state index >= 15 is 0 Å². The number of fused-ring (bicyclic) bond motifs is 2. The molecule has 0 bridgehead atoms. The minimum atomic E-state index is -1.43. The quantitative estimate of drug-likeness (QED) is 0.549. The number of rotatable bonds is 2. The highest BCUT2D eigenvalue weighted by atomic mass is 35.5. The van der Waals surface area contributed by atoms with Crippen molar-refractivity contribution in [1.82, 2.24) is 9.46 Å². The maximum absolute atomic E-state index is 12.0. The molecule has 0 aliphatic carbocycles. The Morgan fingerprint density at radius 1 is 0.667 bits per heavy atom. The molecule has 0 fully saturated rings. The van der Waals surface area contributed by atoms with Crippen LogP contribution in [0.2, 0.25) is 0 Å². The zero-order chi connectivity index (χ0) is 17.8. The maximum atomic E-state index is 12.0. The van der Waals surface area contributed by atoms with Crippen LogP contribution in [0.15, 0.2) is 31.3 Å². The number of aromatic nitrogens is 2. The van der Waals surface area contributed by atoms with E-state index in [1.807, 2.05) is 0 Å². The lowest BCUT2D eigenvalue weighted by atomic mass is 10.1. The van der Waals surface area contributed by atoms with Crippen LogP contribution < -0.4 is 31.9 Å². The van der Waals surface area contributed by atoms with Gasteiger partial charge in [-0.25, -0.2) is 9.59 Å². The van der Waals surface area contributed by atoms with Crippen LogP contribution in [0.5, 0.6) is 0 Å². The lowest BCUT2D eigenvalue weighted by Crippen LogP contribution is -2.33. The van der Waals surface area contributed by atoms with Crippen LogP contribution in [-0.4, -0.2) is 20.3 Å². The zero-order valence-electron chi connectivity index (χ0n) is 11.1. The fourth-order valence-corrected chi connectivity index (χ4v) is 2.38. The summed E-state index contributed by atoms with van der Waals surface area (Å²) in [4.78, 5) is 78.1. The Morgan fingerprint density at radius 3 is 1.12 bits per heavy atom. The van der Waals surface area contributed by atoms with Crippen LogP contribution in [0.3, 0.4) is 0 Å². The second-order valence-electron chi connectivity index (χ2n) is 4.41. The highest BCUT2D eigenvalue weighted by Crippen LogP contribution is 2.14. The number of hydrogen-bond donors (Lipinski definition) is 0. The van der Waals surface area contributed by atoms with Crippen molar-refractivity contribution in [1.29, 1.82) is 0 Å². The largest absolute Gasteiger partial charge is 0.428 e. The Bertz CT molecular complexity index is 1070. The topological polar surface area (TPSA) is 131 Å². The smallest absolute Gasteiger partial charge is 0.314 e. The van der Waals surface area contributed by atoms with E-state index in [2.05, 4.69) is 9.68 Å². The average Bonchev–Trinajstić information content (AvgIpc) is 2.86. The van der Waals surface area contributed by atoms with Gasteiger partial charge in [0.15, 0.2) is 0 Å². The molecule has 0 spiro atoms. The van der Waals surface area contributed by atoms with Gasteiger partial charge in [0, 0.05) is 23.2 Å². The molecule has 2 heterocycles. The molecule has 3 rings (SSSR count). The molecule has 24 heavy (non-hydrogen) atoms. The molecule has 0 saturated carbocycles. The van der Waals surface area contributed by atoms with Gasteiger partial charge in [0.05, 0.1) is 21.5 Å². The molecule has 0 unspecified atom stereocenters. The van der Waals surface area contributed by atoms with E-state index in [1.165, 1.54) is 0 Å².